The van der Waals surface area contributed by atoms with Crippen LogP contribution in [-0.4, -0.2) is 60.2 Å². The summed E-state index contributed by atoms with van der Waals surface area (Å²) in [6.45, 7) is 6.12. The molecule has 0 spiro atoms. The fourth-order valence-electron chi connectivity index (χ4n) is 3.45. The molecule has 0 unspecified atom stereocenters. The first-order valence-electron chi connectivity index (χ1n) is 10.3. The van der Waals surface area contributed by atoms with Gasteiger partial charge in [-0.25, -0.2) is 9.97 Å². The third-order valence-electron chi connectivity index (χ3n) is 4.92. The lowest BCUT2D eigenvalue weighted by Crippen LogP contribution is -2.34. The summed E-state index contributed by atoms with van der Waals surface area (Å²) in [6, 6.07) is 8.15. The van der Waals surface area contributed by atoms with Crippen LogP contribution >= 0.6 is 11.3 Å². The molecule has 0 bridgehead atoms. The Bertz CT molecular complexity index is 865. The Kier molecular flexibility index (Phi) is 8.56. The molecule has 3 rings (SSSR count). The van der Waals surface area contributed by atoms with Crippen LogP contribution in [0.1, 0.15) is 48.3 Å². The summed E-state index contributed by atoms with van der Waals surface area (Å²) >= 11 is 1.38. The van der Waals surface area contributed by atoms with E-state index in [2.05, 4.69) is 26.6 Å². The van der Waals surface area contributed by atoms with Crippen LogP contribution in [0.5, 0.6) is 0 Å². The lowest BCUT2D eigenvalue weighted by atomic mass is 9.94. The van der Waals surface area contributed by atoms with Crippen molar-refractivity contribution in [1.82, 2.24) is 20.2 Å². The van der Waals surface area contributed by atoms with Gasteiger partial charge in [-0.2, -0.15) is 5.26 Å². The summed E-state index contributed by atoms with van der Waals surface area (Å²) in [5.41, 5.74) is 1.42. The molecular weight excluding hydrogens is 400 g/mol. The number of aromatic nitrogens is 2. The minimum atomic E-state index is -0.183. The van der Waals surface area contributed by atoms with Crippen molar-refractivity contribution in [3.8, 4) is 6.07 Å². The van der Waals surface area contributed by atoms with Gasteiger partial charge < -0.3 is 15.4 Å². The van der Waals surface area contributed by atoms with E-state index in [0.717, 1.165) is 38.0 Å². The topological polar surface area (TPSA) is 103 Å². The average molecular weight is 429 g/mol. The standard InChI is InChI=1S/C21H28N6O2S/c1-2-29-13-5-10-23-20(28)18-15-30-21(25-18)26-19-8-3-7-17(24-19)16-6-4-11-27(14-16)12-9-22/h3,7-8,15-16H,2,4-6,10-14H2,1H3,(H,23,28)(H,24,25,26)/t16-/m1/s1. The van der Waals surface area contributed by atoms with Crippen LogP contribution in [0.25, 0.3) is 0 Å². The predicted molar refractivity (Wildman–Crippen MR) is 117 cm³/mol. The van der Waals surface area contributed by atoms with Crippen molar-refractivity contribution in [3.63, 3.8) is 0 Å². The van der Waals surface area contributed by atoms with Crippen LogP contribution in [-0.2, 0) is 4.74 Å². The van der Waals surface area contributed by atoms with Gasteiger partial charge in [0.2, 0.25) is 0 Å². The first-order valence-corrected chi connectivity index (χ1v) is 11.2. The molecule has 0 aliphatic carbocycles. The summed E-state index contributed by atoms with van der Waals surface area (Å²) in [5, 5.41) is 17.4. The van der Waals surface area contributed by atoms with Crippen molar-refractivity contribution >= 4 is 28.2 Å². The Hall–Kier alpha value is -2.54. The number of hydrogen-bond donors (Lipinski definition) is 2. The average Bonchev–Trinajstić information content (AvgIpc) is 3.23. The van der Waals surface area contributed by atoms with Crippen molar-refractivity contribution in [3.05, 3.63) is 35.0 Å². The van der Waals surface area contributed by atoms with Gasteiger partial charge in [-0.05, 0) is 44.9 Å². The second-order valence-corrected chi connectivity index (χ2v) is 8.01. The summed E-state index contributed by atoms with van der Waals surface area (Å²) in [6.07, 6.45) is 2.92. The number of piperidine rings is 1. The Morgan fingerprint density at radius 2 is 2.33 bits per heavy atom. The monoisotopic (exact) mass is 428 g/mol. The van der Waals surface area contributed by atoms with E-state index in [0.29, 0.717) is 48.9 Å². The van der Waals surface area contributed by atoms with Gasteiger partial charge in [-0.3, -0.25) is 9.69 Å². The van der Waals surface area contributed by atoms with Gasteiger partial charge in [0.15, 0.2) is 5.13 Å². The first kappa shape index (κ1) is 22.2. The first-order chi connectivity index (χ1) is 14.7. The molecule has 0 aromatic carbocycles. The molecule has 1 aliphatic heterocycles. The van der Waals surface area contributed by atoms with E-state index >= 15 is 0 Å². The highest BCUT2D eigenvalue weighted by atomic mass is 32.1. The number of likely N-dealkylation sites (tertiary alicyclic amines) is 1. The molecule has 2 N–H and O–H groups in total. The number of nitrogens with zero attached hydrogens (tertiary/aromatic N) is 4. The van der Waals surface area contributed by atoms with E-state index in [1.54, 1.807) is 5.38 Å². The number of hydrogen-bond acceptors (Lipinski definition) is 8. The molecule has 1 saturated heterocycles. The minimum absolute atomic E-state index is 0.183. The molecular formula is C21H28N6O2S. The number of carbonyl (C=O) groups is 1. The molecule has 0 radical (unpaired) electrons. The van der Waals surface area contributed by atoms with Crippen molar-refractivity contribution in [2.45, 2.75) is 32.1 Å². The SMILES string of the molecule is CCOCCCNC(=O)c1csc(Nc2cccc([C@@H]3CCCN(CC#N)C3)n2)n1. The van der Waals surface area contributed by atoms with Crippen LogP contribution in [0.3, 0.4) is 0 Å². The highest BCUT2D eigenvalue weighted by Gasteiger charge is 2.22. The van der Waals surface area contributed by atoms with Gasteiger partial charge >= 0.3 is 0 Å². The number of ether oxygens (including phenoxy) is 1. The highest BCUT2D eigenvalue weighted by Crippen LogP contribution is 2.27. The number of nitriles is 1. The van der Waals surface area contributed by atoms with Crippen molar-refractivity contribution in [1.29, 1.82) is 5.26 Å². The fourth-order valence-corrected chi connectivity index (χ4v) is 4.14. The minimum Gasteiger partial charge on any atom is -0.382 e. The van der Waals surface area contributed by atoms with E-state index in [-0.39, 0.29) is 5.91 Å². The van der Waals surface area contributed by atoms with Crippen molar-refractivity contribution in [2.24, 2.45) is 0 Å². The molecule has 1 fully saturated rings. The van der Waals surface area contributed by atoms with Crippen molar-refractivity contribution in [2.75, 3.05) is 44.7 Å². The van der Waals surface area contributed by atoms with E-state index in [4.69, 9.17) is 15.0 Å². The second kappa shape index (κ2) is 11.6. The van der Waals surface area contributed by atoms with Crippen molar-refractivity contribution < 1.29 is 9.53 Å². The van der Waals surface area contributed by atoms with Gasteiger partial charge in [0, 0.05) is 43.3 Å². The van der Waals surface area contributed by atoms with Gasteiger partial charge in [0.25, 0.3) is 5.91 Å². The van der Waals surface area contributed by atoms with E-state index in [1.807, 2.05) is 25.1 Å². The van der Waals surface area contributed by atoms with Crippen LogP contribution < -0.4 is 10.6 Å². The molecule has 1 aliphatic rings. The molecule has 30 heavy (non-hydrogen) atoms. The zero-order chi connectivity index (χ0) is 21.2. The van der Waals surface area contributed by atoms with E-state index in [1.165, 1.54) is 11.3 Å². The Balaban J connectivity index is 1.55. The number of pyridine rings is 1. The number of amides is 1. The quantitative estimate of drug-likeness (QED) is 0.443. The predicted octanol–water partition coefficient (Wildman–Crippen LogP) is 3.14. The summed E-state index contributed by atoms with van der Waals surface area (Å²) in [7, 11) is 0. The number of rotatable bonds is 10. The lowest BCUT2D eigenvalue weighted by molar-refractivity contribution is 0.0940. The van der Waals surface area contributed by atoms with Gasteiger partial charge in [0.05, 0.1) is 12.6 Å². The molecule has 1 atom stereocenters. The maximum Gasteiger partial charge on any atom is 0.270 e. The molecule has 8 nitrogen and oxygen atoms in total. The zero-order valence-electron chi connectivity index (χ0n) is 17.3. The van der Waals surface area contributed by atoms with Gasteiger partial charge in [-0.15, -0.1) is 11.3 Å². The Morgan fingerprint density at radius 1 is 1.43 bits per heavy atom. The number of nitrogens with one attached hydrogen (secondary N) is 2. The fraction of sp³-hybridized carbons (Fsp3) is 0.524. The Morgan fingerprint density at radius 3 is 3.17 bits per heavy atom. The van der Waals surface area contributed by atoms with E-state index in [9.17, 15) is 4.79 Å². The third-order valence-corrected chi connectivity index (χ3v) is 5.67. The Labute approximate surface area is 181 Å². The smallest absolute Gasteiger partial charge is 0.270 e. The maximum atomic E-state index is 12.2. The molecule has 2 aromatic rings. The second-order valence-electron chi connectivity index (χ2n) is 7.15. The van der Waals surface area contributed by atoms with Crippen LogP contribution in [0, 0.1) is 11.3 Å². The van der Waals surface area contributed by atoms with Crippen LogP contribution in [0.4, 0.5) is 10.9 Å². The van der Waals surface area contributed by atoms with Gasteiger partial charge in [0.1, 0.15) is 11.5 Å². The zero-order valence-corrected chi connectivity index (χ0v) is 18.1. The van der Waals surface area contributed by atoms with Crippen LogP contribution in [0.15, 0.2) is 23.6 Å². The third kappa shape index (κ3) is 6.49. The largest absolute Gasteiger partial charge is 0.382 e. The summed E-state index contributed by atoms with van der Waals surface area (Å²) in [4.78, 5) is 23.5. The molecule has 160 valence electrons. The highest BCUT2D eigenvalue weighted by molar-refractivity contribution is 7.14. The molecule has 0 saturated carbocycles. The molecule has 2 aromatic heterocycles. The summed E-state index contributed by atoms with van der Waals surface area (Å²) < 4.78 is 5.26. The molecule has 3 heterocycles. The van der Waals surface area contributed by atoms with Crippen LogP contribution in [0.2, 0.25) is 0 Å². The number of anilines is 2. The maximum absolute atomic E-state index is 12.2. The number of carbonyl (C=O) groups excluding carboxylic acids is 1. The molecule has 9 heteroatoms. The normalized spacial score (nSPS) is 16.7. The lowest BCUT2D eigenvalue weighted by Gasteiger charge is -2.30. The van der Waals surface area contributed by atoms with Gasteiger partial charge in [-0.1, -0.05) is 6.07 Å². The van der Waals surface area contributed by atoms with E-state index < -0.39 is 0 Å². The molecule has 1 amide bonds. The number of thiazole rings is 1. The summed E-state index contributed by atoms with van der Waals surface area (Å²) in [5.74, 6) is 0.850.